The van der Waals surface area contributed by atoms with Crippen LogP contribution in [0.25, 0.3) is 0 Å². The first-order valence-corrected chi connectivity index (χ1v) is 10.1. The fourth-order valence-electron chi connectivity index (χ4n) is 2.35. The van der Waals surface area contributed by atoms with Gasteiger partial charge in [0.05, 0.1) is 26.1 Å². The van der Waals surface area contributed by atoms with E-state index in [9.17, 15) is 79.8 Å². The molecule has 234 valence electrons. The smallest absolute Gasteiger partial charge is 0.384 e. The van der Waals surface area contributed by atoms with Gasteiger partial charge >= 0.3 is 59.3 Å². The van der Waals surface area contributed by atoms with Crippen LogP contribution in [0.4, 0.5) is 70.2 Å². The van der Waals surface area contributed by atoms with E-state index in [4.69, 9.17) is 0 Å². The van der Waals surface area contributed by atoms with Crippen LogP contribution >= 0.6 is 0 Å². The summed E-state index contributed by atoms with van der Waals surface area (Å²) in [5, 5.41) is 0. The highest BCUT2D eigenvalue weighted by molar-refractivity contribution is 5.87. The van der Waals surface area contributed by atoms with Crippen molar-refractivity contribution in [3.63, 3.8) is 0 Å². The molecule has 40 heavy (non-hydrogen) atoms. The lowest BCUT2D eigenvalue weighted by Crippen LogP contribution is -2.74. The molecule has 0 rings (SSSR count). The third-order valence-electron chi connectivity index (χ3n) is 4.89. The summed E-state index contributed by atoms with van der Waals surface area (Å²) in [5.74, 6) is -65.7. The number of carbonyl (C=O) groups excluding carboxylic acids is 2. The molecule has 4 nitrogen and oxygen atoms in total. The van der Waals surface area contributed by atoms with Gasteiger partial charge in [-0.25, -0.2) is 9.59 Å². The lowest BCUT2D eigenvalue weighted by Gasteiger charge is -2.43. The molecule has 0 amide bonds. The summed E-state index contributed by atoms with van der Waals surface area (Å²) in [6.45, 7) is 3.52. The maximum Gasteiger partial charge on any atom is 0.384 e. The maximum atomic E-state index is 13.9. The Kier molecular flexibility index (Phi) is 10.5. The van der Waals surface area contributed by atoms with Gasteiger partial charge in [0, 0.05) is 11.1 Å². The van der Waals surface area contributed by atoms with Crippen LogP contribution in [0.2, 0.25) is 0 Å². The highest BCUT2D eigenvalue weighted by atomic mass is 19.4. The lowest BCUT2D eigenvalue weighted by atomic mass is 9.86. The van der Waals surface area contributed by atoms with Crippen LogP contribution in [0.3, 0.4) is 0 Å². The summed E-state index contributed by atoms with van der Waals surface area (Å²) in [7, 11) is 0. The highest BCUT2D eigenvalue weighted by Crippen LogP contribution is 2.64. The molecule has 0 atom stereocenters. The minimum Gasteiger partial charge on any atom is -0.462 e. The zero-order chi connectivity index (χ0) is 32.6. The Hall–Kier alpha value is -2.70. The van der Waals surface area contributed by atoms with Gasteiger partial charge in [0.25, 0.3) is 0 Å². The summed E-state index contributed by atoms with van der Waals surface area (Å²) >= 11 is 0. The van der Waals surface area contributed by atoms with Gasteiger partial charge in [0.2, 0.25) is 0 Å². The van der Waals surface area contributed by atoms with Gasteiger partial charge in [0.1, 0.15) is 0 Å². The summed E-state index contributed by atoms with van der Waals surface area (Å²) in [5.41, 5.74) is -1.17. The van der Waals surface area contributed by atoms with E-state index >= 15 is 0 Å². The molecule has 0 radical (unpaired) electrons. The zero-order valence-corrected chi connectivity index (χ0v) is 19.9. The summed E-state index contributed by atoms with van der Waals surface area (Å²) in [6, 6.07) is 0. The van der Waals surface area contributed by atoms with Gasteiger partial charge in [-0.05, 0) is 13.8 Å². The van der Waals surface area contributed by atoms with Gasteiger partial charge in [-0.2, -0.15) is 70.2 Å². The minimum absolute atomic E-state index is 0.583. The molecule has 0 spiro atoms. The first-order chi connectivity index (χ1) is 17.4. The van der Waals surface area contributed by atoms with E-state index < -0.39 is 96.5 Å². The molecule has 0 fully saturated rings. The van der Waals surface area contributed by atoms with Crippen molar-refractivity contribution in [2.45, 2.75) is 74.1 Å². The third kappa shape index (κ3) is 6.13. The highest BCUT2D eigenvalue weighted by Gasteiger charge is 2.94. The Balaban J connectivity index is 6.37. The molecule has 20 heteroatoms. The quantitative estimate of drug-likeness (QED) is 0.111. The molecule has 0 N–H and O–H groups in total. The molecule has 0 aliphatic rings. The second kappa shape index (κ2) is 11.3. The number of carbonyl (C=O) groups is 2. The molecule has 0 bridgehead atoms. The monoisotopic (exact) mass is 626 g/mol. The van der Waals surface area contributed by atoms with Crippen LogP contribution in [0.15, 0.2) is 24.3 Å². The first-order valence-electron chi connectivity index (χ1n) is 10.1. The topological polar surface area (TPSA) is 52.6 Å². The number of hydrogen-bond acceptors (Lipinski definition) is 4. The Morgan fingerprint density at radius 3 is 0.875 bits per heavy atom. The molecular weight excluding hydrogens is 608 g/mol. The van der Waals surface area contributed by atoms with E-state index in [0.717, 1.165) is 13.8 Å². The molecule has 0 aromatic heterocycles. The zero-order valence-electron chi connectivity index (χ0n) is 19.9. The van der Waals surface area contributed by atoms with Crippen LogP contribution in [-0.4, -0.2) is 72.5 Å². The standard InChI is InChI=1S/C20H18F16O4/c1-9(2)11(37)39-7-5-13(21,22)15(25,26)17(29,30)19(33,34)20(35,36)18(31,32)16(27,28)14(23,24)6-8-40-12(38)10(3)4/h1,3,5-8H2,2,4H3. The van der Waals surface area contributed by atoms with E-state index in [0.29, 0.717) is 0 Å². The van der Waals surface area contributed by atoms with Crippen LogP contribution < -0.4 is 0 Å². The molecule has 0 saturated heterocycles. The number of hydrogen-bond donors (Lipinski definition) is 0. The van der Waals surface area contributed by atoms with E-state index in [1.807, 2.05) is 0 Å². The Morgan fingerprint density at radius 1 is 0.475 bits per heavy atom. The van der Waals surface area contributed by atoms with Crippen molar-refractivity contribution in [1.82, 2.24) is 0 Å². The normalized spacial score (nSPS) is 14.6. The SMILES string of the molecule is C=C(C)C(=O)OCCC(F)(F)C(F)(F)C(F)(F)C(F)(F)C(F)(F)C(F)(F)C(F)(F)C(F)(F)CCOC(=O)C(=C)C. The van der Waals surface area contributed by atoms with Gasteiger partial charge in [-0.15, -0.1) is 0 Å². The molecule has 0 aromatic carbocycles. The predicted octanol–water partition coefficient (Wildman–Crippen LogP) is 7.09. The fraction of sp³-hybridized carbons (Fsp3) is 0.700. The largest absolute Gasteiger partial charge is 0.462 e. The number of esters is 2. The fourth-order valence-corrected chi connectivity index (χ4v) is 2.35. The first kappa shape index (κ1) is 37.3. The average Bonchev–Trinajstić information content (AvgIpc) is 2.77. The van der Waals surface area contributed by atoms with Crippen molar-refractivity contribution < 1.29 is 89.3 Å². The number of halogens is 16. The second-order valence-electron chi connectivity index (χ2n) is 8.19. The van der Waals surface area contributed by atoms with Gasteiger partial charge < -0.3 is 9.47 Å². The van der Waals surface area contributed by atoms with E-state index in [1.165, 1.54) is 0 Å². The molecule has 0 aliphatic heterocycles. The molecule has 0 aliphatic carbocycles. The number of alkyl halides is 16. The van der Waals surface area contributed by atoms with Crippen LogP contribution in [0.1, 0.15) is 26.7 Å². The Morgan fingerprint density at radius 2 is 0.675 bits per heavy atom. The van der Waals surface area contributed by atoms with E-state index in [2.05, 4.69) is 22.6 Å². The van der Waals surface area contributed by atoms with Crippen molar-refractivity contribution in [1.29, 1.82) is 0 Å². The molecule has 0 heterocycles. The van der Waals surface area contributed by atoms with Crippen molar-refractivity contribution >= 4 is 11.9 Å². The van der Waals surface area contributed by atoms with E-state index in [1.54, 1.807) is 0 Å². The van der Waals surface area contributed by atoms with Crippen molar-refractivity contribution in [2.24, 2.45) is 0 Å². The lowest BCUT2D eigenvalue weighted by molar-refractivity contribution is -0.453. The van der Waals surface area contributed by atoms with Gasteiger partial charge in [-0.1, -0.05) is 13.2 Å². The van der Waals surface area contributed by atoms with Crippen LogP contribution in [0, 0.1) is 0 Å². The predicted molar refractivity (Wildman–Crippen MR) is 100 cm³/mol. The van der Waals surface area contributed by atoms with E-state index in [-0.39, 0.29) is 0 Å². The third-order valence-corrected chi connectivity index (χ3v) is 4.89. The number of rotatable bonds is 15. The minimum atomic E-state index is -8.57. The molecule has 0 aromatic rings. The van der Waals surface area contributed by atoms with Crippen LogP contribution in [-0.2, 0) is 19.1 Å². The summed E-state index contributed by atoms with van der Waals surface area (Å²) < 4.78 is 229. The Bertz CT molecular complexity index is 909. The van der Waals surface area contributed by atoms with Gasteiger partial charge in [-0.3, -0.25) is 0 Å². The molecular formula is C20H18F16O4. The van der Waals surface area contributed by atoms with Crippen molar-refractivity contribution in [2.75, 3.05) is 13.2 Å². The molecule has 0 saturated carbocycles. The average molecular weight is 626 g/mol. The van der Waals surface area contributed by atoms with Crippen molar-refractivity contribution in [3.8, 4) is 0 Å². The molecule has 0 unspecified atom stereocenters. The van der Waals surface area contributed by atoms with Crippen molar-refractivity contribution in [3.05, 3.63) is 24.3 Å². The number of ether oxygens (including phenoxy) is 2. The summed E-state index contributed by atoms with van der Waals surface area (Å²) in [4.78, 5) is 22.0. The Labute approximate surface area is 213 Å². The maximum absolute atomic E-state index is 13.9. The van der Waals surface area contributed by atoms with Gasteiger partial charge in [0.15, 0.2) is 0 Å². The van der Waals surface area contributed by atoms with Crippen LogP contribution in [0.5, 0.6) is 0 Å². The second-order valence-corrected chi connectivity index (χ2v) is 8.19. The summed E-state index contributed by atoms with van der Waals surface area (Å²) in [6.07, 6.45) is -5.66.